The molecule has 0 bridgehead atoms. The lowest BCUT2D eigenvalue weighted by Gasteiger charge is -2.20. The minimum Gasteiger partial charge on any atom is -0.467 e. The van der Waals surface area contributed by atoms with Gasteiger partial charge in [-0.15, -0.1) is 5.10 Å². The predicted octanol–water partition coefficient (Wildman–Crippen LogP) is 1.61. The molecule has 0 saturated heterocycles. The van der Waals surface area contributed by atoms with Gasteiger partial charge in [0.05, 0.1) is 31.1 Å². The zero-order valence-corrected chi connectivity index (χ0v) is 14.2. The van der Waals surface area contributed by atoms with Crippen molar-refractivity contribution in [3.63, 3.8) is 0 Å². The first-order chi connectivity index (χ1) is 11.7. The number of carbonyl (C=O) groups excluding carboxylic acids is 1. The van der Waals surface area contributed by atoms with Crippen molar-refractivity contribution in [3.05, 3.63) is 34.6 Å². The fourth-order valence-electron chi connectivity index (χ4n) is 2.12. The molecule has 0 spiro atoms. The van der Waals surface area contributed by atoms with Gasteiger partial charge in [0.15, 0.2) is 5.16 Å². The van der Waals surface area contributed by atoms with E-state index in [1.54, 1.807) is 23.3 Å². The van der Waals surface area contributed by atoms with Gasteiger partial charge in [-0.1, -0.05) is 18.7 Å². The fourth-order valence-corrected chi connectivity index (χ4v) is 2.99. The van der Waals surface area contributed by atoms with Crippen LogP contribution in [0.15, 0.2) is 32.8 Å². The van der Waals surface area contributed by atoms with Gasteiger partial charge in [-0.2, -0.15) is 5.26 Å². The number of hydrogen-bond acceptors (Lipinski definition) is 6. The Bertz CT molecular complexity index is 744. The summed E-state index contributed by atoms with van der Waals surface area (Å²) in [5, 5.41) is 15.6. The van der Waals surface area contributed by atoms with Crippen LogP contribution in [0.4, 0.5) is 0 Å². The SMILES string of the molecule is CCCn1c(SCC(=O)N(CCC#N)Cc2ccco2)n[nH]c1=O. The first kappa shape index (κ1) is 17.9. The number of furan rings is 1. The Labute approximate surface area is 143 Å². The summed E-state index contributed by atoms with van der Waals surface area (Å²) in [6.45, 7) is 3.16. The normalized spacial score (nSPS) is 10.5. The van der Waals surface area contributed by atoms with Crippen molar-refractivity contribution in [1.82, 2.24) is 19.7 Å². The maximum absolute atomic E-state index is 12.5. The minimum absolute atomic E-state index is 0.134. The maximum atomic E-state index is 12.5. The molecule has 0 radical (unpaired) electrons. The summed E-state index contributed by atoms with van der Waals surface area (Å²) in [6, 6.07) is 5.58. The van der Waals surface area contributed by atoms with E-state index in [2.05, 4.69) is 10.2 Å². The molecule has 9 heteroatoms. The third kappa shape index (κ3) is 4.76. The van der Waals surface area contributed by atoms with E-state index < -0.39 is 0 Å². The summed E-state index contributed by atoms with van der Waals surface area (Å²) >= 11 is 1.21. The number of nitriles is 1. The van der Waals surface area contributed by atoms with Gasteiger partial charge in [0.2, 0.25) is 5.91 Å². The average molecular weight is 349 g/mol. The monoisotopic (exact) mass is 349 g/mol. The van der Waals surface area contributed by atoms with Gasteiger partial charge in [0.25, 0.3) is 0 Å². The number of aromatic amines is 1. The standard InChI is InChI=1S/C15H19N5O3S/c1-2-7-20-14(22)17-18-15(20)24-11-13(21)19(8-4-6-16)10-12-5-3-9-23-12/h3,5,9H,2,4,7-8,10-11H2,1H3,(H,17,22). The summed E-state index contributed by atoms with van der Waals surface area (Å²) in [4.78, 5) is 25.7. The van der Waals surface area contributed by atoms with E-state index in [1.807, 2.05) is 13.0 Å². The Kier molecular flexibility index (Phi) is 6.69. The molecule has 1 N–H and O–H groups in total. The van der Waals surface area contributed by atoms with E-state index in [-0.39, 0.29) is 23.8 Å². The average Bonchev–Trinajstić information content (AvgIpc) is 3.20. The van der Waals surface area contributed by atoms with Crippen molar-refractivity contribution in [3.8, 4) is 6.07 Å². The van der Waals surface area contributed by atoms with Crippen LogP contribution < -0.4 is 5.69 Å². The number of aromatic nitrogens is 3. The predicted molar refractivity (Wildman–Crippen MR) is 88.2 cm³/mol. The van der Waals surface area contributed by atoms with Gasteiger partial charge in [-0.3, -0.25) is 9.36 Å². The third-order valence-corrected chi connectivity index (χ3v) is 4.23. The Morgan fingerprint density at radius 2 is 2.42 bits per heavy atom. The van der Waals surface area contributed by atoms with E-state index in [0.717, 1.165) is 6.42 Å². The fraction of sp³-hybridized carbons (Fsp3) is 0.467. The van der Waals surface area contributed by atoms with Crippen molar-refractivity contribution in [2.24, 2.45) is 0 Å². The smallest absolute Gasteiger partial charge is 0.343 e. The molecule has 2 aromatic heterocycles. The highest BCUT2D eigenvalue weighted by molar-refractivity contribution is 7.99. The van der Waals surface area contributed by atoms with Gasteiger partial charge < -0.3 is 9.32 Å². The van der Waals surface area contributed by atoms with E-state index >= 15 is 0 Å². The second-order valence-electron chi connectivity index (χ2n) is 5.05. The Morgan fingerprint density at radius 3 is 3.08 bits per heavy atom. The zero-order chi connectivity index (χ0) is 17.4. The molecule has 2 rings (SSSR count). The van der Waals surface area contributed by atoms with Crippen molar-refractivity contribution in [2.75, 3.05) is 12.3 Å². The van der Waals surface area contributed by atoms with E-state index in [0.29, 0.717) is 30.6 Å². The quantitative estimate of drug-likeness (QED) is 0.689. The molecule has 0 aliphatic heterocycles. The van der Waals surface area contributed by atoms with Crippen LogP contribution in [0.3, 0.4) is 0 Å². The lowest BCUT2D eigenvalue weighted by molar-refractivity contribution is -0.129. The number of nitrogens with one attached hydrogen (secondary N) is 1. The van der Waals surface area contributed by atoms with E-state index in [4.69, 9.17) is 9.68 Å². The van der Waals surface area contributed by atoms with Crippen LogP contribution in [0.25, 0.3) is 0 Å². The highest BCUT2D eigenvalue weighted by Crippen LogP contribution is 2.15. The molecule has 0 aliphatic rings. The van der Waals surface area contributed by atoms with Crippen molar-refractivity contribution < 1.29 is 9.21 Å². The third-order valence-electron chi connectivity index (χ3n) is 3.27. The first-order valence-electron chi connectivity index (χ1n) is 7.60. The molecule has 0 saturated carbocycles. The molecule has 2 aromatic rings. The highest BCUT2D eigenvalue weighted by atomic mass is 32.2. The van der Waals surface area contributed by atoms with Crippen LogP contribution in [0.1, 0.15) is 25.5 Å². The zero-order valence-electron chi connectivity index (χ0n) is 13.4. The van der Waals surface area contributed by atoms with Crippen LogP contribution in [0, 0.1) is 11.3 Å². The van der Waals surface area contributed by atoms with Gasteiger partial charge in [0.1, 0.15) is 5.76 Å². The van der Waals surface area contributed by atoms with Gasteiger partial charge in [0, 0.05) is 13.1 Å². The minimum atomic E-state index is -0.274. The number of amides is 1. The number of nitrogens with zero attached hydrogens (tertiary/aromatic N) is 4. The van der Waals surface area contributed by atoms with Crippen LogP contribution >= 0.6 is 11.8 Å². The van der Waals surface area contributed by atoms with Gasteiger partial charge in [-0.05, 0) is 18.6 Å². The summed E-state index contributed by atoms with van der Waals surface area (Å²) in [7, 11) is 0. The Hall–Kier alpha value is -2.47. The van der Waals surface area contributed by atoms with E-state index in [9.17, 15) is 9.59 Å². The van der Waals surface area contributed by atoms with Crippen LogP contribution in [-0.2, 0) is 17.9 Å². The van der Waals surface area contributed by atoms with Crippen LogP contribution in [0.2, 0.25) is 0 Å². The lowest BCUT2D eigenvalue weighted by atomic mass is 10.3. The second kappa shape index (κ2) is 8.98. The number of carbonyl (C=O) groups is 1. The molecule has 0 aromatic carbocycles. The molecule has 2 heterocycles. The lowest BCUT2D eigenvalue weighted by Crippen LogP contribution is -2.32. The largest absolute Gasteiger partial charge is 0.467 e. The summed E-state index contributed by atoms with van der Waals surface area (Å²) < 4.78 is 6.78. The molecular weight excluding hydrogens is 330 g/mol. The Morgan fingerprint density at radius 1 is 1.58 bits per heavy atom. The van der Waals surface area contributed by atoms with Crippen molar-refractivity contribution in [2.45, 2.75) is 38.0 Å². The first-order valence-corrected chi connectivity index (χ1v) is 8.59. The molecule has 128 valence electrons. The summed E-state index contributed by atoms with van der Waals surface area (Å²) in [6.07, 6.45) is 2.60. The molecular formula is C15H19N5O3S. The highest BCUT2D eigenvalue weighted by Gasteiger charge is 2.17. The molecule has 8 nitrogen and oxygen atoms in total. The number of rotatable bonds is 9. The second-order valence-corrected chi connectivity index (χ2v) is 6.00. The van der Waals surface area contributed by atoms with Gasteiger partial charge in [-0.25, -0.2) is 9.89 Å². The van der Waals surface area contributed by atoms with E-state index in [1.165, 1.54) is 16.3 Å². The molecule has 0 unspecified atom stereocenters. The topological polar surface area (TPSA) is 108 Å². The Balaban J connectivity index is 1.99. The molecule has 0 atom stereocenters. The molecule has 0 fully saturated rings. The van der Waals surface area contributed by atoms with Crippen LogP contribution in [0.5, 0.6) is 0 Å². The van der Waals surface area contributed by atoms with Gasteiger partial charge >= 0.3 is 5.69 Å². The molecule has 0 aliphatic carbocycles. The maximum Gasteiger partial charge on any atom is 0.343 e. The molecule has 1 amide bonds. The number of hydrogen-bond donors (Lipinski definition) is 1. The number of H-pyrrole nitrogens is 1. The number of thioether (sulfide) groups is 1. The van der Waals surface area contributed by atoms with Crippen molar-refractivity contribution >= 4 is 17.7 Å². The van der Waals surface area contributed by atoms with Crippen LogP contribution in [-0.4, -0.2) is 37.9 Å². The van der Waals surface area contributed by atoms with Crippen molar-refractivity contribution in [1.29, 1.82) is 5.26 Å². The summed E-state index contributed by atoms with van der Waals surface area (Å²) in [5.41, 5.74) is -0.274. The summed E-state index contributed by atoms with van der Waals surface area (Å²) in [5.74, 6) is 0.666. The molecule has 24 heavy (non-hydrogen) atoms.